The second kappa shape index (κ2) is 22.5. The molecule has 66 heavy (non-hydrogen) atoms. The molecule has 0 saturated carbocycles. The first-order valence-corrected chi connectivity index (χ1v) is 23.2. The molecular formula is C51H64N8O7. The lowest BCUT2D eigenvalue weighted by atomic mass is 9.91. The van der Waals surface area contributed by atoms with Crippen LogP contribution in [0, 0.1) is 5.92 Å². The predicted octanol–water partition coefficient (Wildman–Crippen LogP) is 3.29. The third kappa shape index (κ3) is 12.3. The number of carbonyl (C=O) groups is 5. The van der Waals surface area contributed by atoms with Crippen molar-refractivity contribution in [1.29, 1.82) is 0 Å². The highest BCUT2D eigenvalue weighted by atomic mass is 16.3. The van der Waals surface area contributed by atoms with E-state index in [1.54, 1.807) is 0 Å². The van der Waals surface area contributed by atoms with E-state index >= 15 is 0 Å². The van der Waals surface area contributed by atoms with Crippen molar-refractivity contribution in [2.24, 2.45) is 11.7 Å². The summed E-state index contributed by atoms with van der Waals surface area (Å²) in [5.41, 5.74) is 9.99. The van der Waals surface area contributed by atoms with Gasteiger partial charge in [0.05, 0.1) is 36.8 Å². The van der Waals surface area contributed by atoms with Crippen LogP contribution in [0.15, 0.2) is 109 Å². The van der Waals surface area contributed by atoms with Crippen molar-refractivity contribution in [2.75, 3.05) is 19.6 Å². The topological polar surface area (TPSA) is 236 Å². The number of nitrogens with one attached hydrogen (secondary N) is 7. The van der Waals surface area contributed by atoms with Crippen LogP contribution in [-0.4, -0.2) is 83.6 Å². The second-order valence-corrected chi connectivity index (χ2v) is 18.3. The van der Waals surface area contributed by atoms with Crippen LogP contribution in [0.25, 0.3) is 0 Å². The van der Waals surface area contributed by atoms with Crippen LogP contribution in [0.3, 0.4) is 0 Å². The van der Waals surface area contributed by atoms with Crippen LogP contribution in [-0.2, 0) is 24.0 Å². The van der Waals surface area contributed by atoms with E-state index in [0.29, 0.717) is 43.4 Å². The Bertz CT molecular complexity index is 2260. The van der Waals surface area contributed by atoms with E-state index < -0.39 is 54.2 Å². The summed E-state index contributed by atoms with van der Waals surface area (Å²) in [5, 5.41) is 45.0. The van der Waals surface area contributed by atoms with Crippen molar-refractivity contribution in [3.05, 3.63) is 143 Å². The number of aliphatic hydroxyl groups is 2. The zero-order valence-corrected chi connectivity index (χ0v) is 37.6. The standard InChI is InChI=1S/C51H64N8O7/c1-30(2)26-42(48(63)55-29-43(52)60)57-51(66)41-27-37(28-54-41)31-15-19-35(20-16-31)46(61)45(34-12-7-4-8-13-34)59-50(65)40-24-23-38(56-40)32-17-21-36(22-18-32)47(62)44(33-10-5-3-6-11-33)58-49(64)39-14-9-25-53-39/h3-8,10-13,15-22,30,37-42,44-47,53-54,56,61-62H,9,14,23-29H2,1-2H3,(H2,52,60)(H,55,63)(H,57,66)(H,58,64)(H,59,65). The third-order valence-corrected chi connectivity index (χ3v) is 13.0. The highest BCUT2D eigenvalue weighted by Gasteiger charge is 2.36. The zero-order chi connectivity index (χ0) is 46.7. The van der Waals surface area contributed by atoms with Gasteiger partial charge in [-0.1, -0.05) is 123 Å². The summed E-state index contributed by atoms with van der Waals surface area (Å²) in [5.74, 6) is -1.65. The fraction of sp³-hybridized carbons (Fsp3) is 0.431. The highest BCUT2D eigenvalue weighted by Crippen LogP contribution is 2.35. The van der Waals surface area contributed by atoms with Crippen molar-refractivity contribution in [3.63, 3.8) is 0 Å². The molecule has 10 atom stereocenters. The molecule has 4 aromatic carbocycles. The summed E-state index contributed by atoms with van der Waals surface area (Å²) in [6.45, 7) is 4.92. The first-order valence-electron chi connectivity index (χ1n) is 23.2. The average molecular weight is 901 g/mol. The Kier molecular flexibility index (Phi) is 16.3. The number of carbonyl (C=O) groups excluding carboxylic acids is 5. The average Bonchev–Trinajstić information content (AvgIpc) is 4.16. The van der Waals surface area contributed by atoms with Gasteiger partial charge in [-0.15, -0.1) is 0 Å². The Morgan fingerprint density at radius 3 is 1.71 bits per heavy atom. The van der Waals surface area contributed by atoms with E-state index in [1.807, 2.05) is 123 Å². The number of benzene rings is 4. The van der Waals surface area contributed by atoms with E-state index in [4.69, 9.17) is 5.73 Å². The second-order valence-electron chi connectivity index (χ2n) is 18.3. The van der Waals surface area contributed by atoms with E-state index in [9.17, 15) is 34.2 Å². The molecule has 15 nitrogen and oxygen atoms in total. The smallest absolute Gasteiger partial charge is 0.243 e. The molecule has 3 saturated heterocycles. The fourth-order valence-electron chi connectivity index (χ4n) is 9.38. The van der Waals surface area contributed by atoms with E-state index in [0.717, 1.165) is 41.6 Å². The summed E-state index contributed by atoms with van der Waals surface area (Å²) in [6, 6.07) is 30.5. The molecule has 3 fully saturated rings. The molecular weight excluding hydrogens is 837 g/mol. The lowest BCUT2D eigenvalue weighted by molar-refractivity contribution is -0.131. The maximum Gasteiger partial charge on any atom is 0.243 e. The van der Waals surface area contributed by atoms with Gasteiger partial charge in [-0.3, -0.25) is 29.3 Å². The van der Waals surface area contributed by atoms with Gasteiger partial charge in [-0.25, -0.2) is 0 Å². The van der Waals surface area contributed by atoms with Crippen molar-refractivity contribution in [2.45, 2.75) is 113 Å². The van der Waals surface area contributed by atoms with E-state index in [-0.39, 0.29) is 48.2 Å². The molecule has 350 valence electrons. The minimum atomic E-state index is -1.07. The largest absolute Gasteiger partial charge is 0.386 e. The lowest BCUT2D eigenvalue weighted by Gasteiger charge is -2.27. The highest BCUT2D eigenvalue weighted by molar-refractivity contribution is 5.91. The summed E-state index contributed by atoms with van der Waals surface area (Å²) in [4.78, 5) is 64.4. The van der Waals surface area contributed by atoms with Crippen LogP contribution >= 0.6 is 0 Å². The van der Waals surface area contributed by atoms with E-state index in [1.165, 1.54) is 0 Å². The molecule has 15 heteroatoms. The van der Waals surface area contributed by atoms with Gasteiger partial charge in [-0.2, -0.15) is 0 Å². The first kappa shape index (κ1) is 48.0. The molecule has 3 aliphatic heterocycles. The maximum atomic E-state index is 14.0. The molecule has 4 aromatic rings. The van der Waals surface area contributed by atoms with Crippen molar-refractivity contribution >= 4 is 29.5 Å². The number of hydrogen-bond acceptors (Lipinski definition) is 10. The Morgan fingerprint density at radius 1 is 0.636 bits per heavy atom. The van der Waals surface area contributed by atoms with Crippen molar-refractivity contribution in [3.8, 4) is 0 Å². The van der Waals surface area contributed by atoms with Crippen LogP contribution in [0.2, 0.25) is 0 Å². The first-order chi connectivity index (χ1) is 31.8. The Hall–Kier alpha value is -5.97. The maximum absolute atomic E-state index is 14.0. The normalized spacial score (nSPS) is 22.7. The van der Waals surface area contributed by atoms with Crippen LogP contribution in [0.5, 0.6) is 0 Å². The van der Waals surface area contributed by atoms with Gasteiger partial charge < -0.3 is 47.8 Å². The Labute approximate surface area is 386 Å². The van der Waals surface area contributed by atoms with Crippen molar-refractivity contribution < 1.29 is 34.2 Å². The van der Waals surface area contributed by atoms with Gasteiger partial charge in [0, 0.05) is 12.6 Å². The number of amides is 5. The minimum absolute atomic E-state index is 0.00406. The molecule has 5 amide bonds. The molecule has 0 bridgehead atoms. The number of nitrogens with two attached hydrogens (primary N) is 1. The van der Waals surface area contributed by atoms with Crippen molar-refractivity contribution in [1.82, 2.24) is 37.2 Å². The summed E-state index contributed by atoms with van der Waals surface area (Å²) < 4.78 is 0. The molecule has 3 heterocycles. The number of aliphatic hydroxyl groups excluding tert-OH is 2. The summed E-state index contributed by atoms with van der Waals surface area (Å²) in [7, 11) is 0. The molecule has 11 N–H and O–H groups in total. The molecule has 0 spiro atoms. The van der Waals surface area contributed by atoms with Crippen LogP contribution in [0.4, 0.5) is 0 Å². The number of rotatable bonds is 19. The van der Waals surface area contributed by atoms with E-state index in [2.05, 4.69) is 37.2 Å². The number of primary amides is 1. The van der Waals surface area contributed by atoms with Gasteiger partial charge in [0.1, 0.15) is 18.2 Å². The molecule has 7 rings (SSSR count). The zero-order valence-electron chi connectivity index (χ0n) is 37.6. The monoisotopic (exact) mass is 900 g/mol. The quantitative estimate of drug-likeness (QED) is 0.0660. The Balaban J connectivity index is 0.957. The number of hydrogen-bond donors (Lipinski definition) is 10. The van der Waals surface area contributed by atoms with Crippen LogP contribution in [0.1, 0.15) is 122 Å². The summed E-state index contributed by atoms with van der Waals surface area (Å²) >= 11 is 0. The van der Waals surface area contributed by atoms with Gasteiger partial charge in [-0.05, 0) is 90.3 Å². The van der Waals surface area contributed by atoms with Gasteiger partial charge >= 0.3 is 0 Å². The van der Waals surface area contributed by atoms with Gasteiger partial charge in [0.25, 0.3) is 0 Å². The third-order valence-electron chi connectivity index (χ3n) is 13.0. The summed E-state index contributed by atoms with van der Waals surface area (Å²) in [6.07, 6.45) is 1.83. The van der Waals surface area contributed by atoms with Crippen LogP contribution < -0.4 is 43.0 Å². The lowest BCUT2D eigenvalue weighted by Crippen LogP contribution is -2.52. The van der Waals surface area contributed by atoms with Gasteiger partial charge in [0.2, 0.25) is 29.5 Å². The molecule has 3 aliphatic rings. The predicted molar refractivity (Wildman–Crippen MR) is 250 cm³/mol. The fourth-order valence-corrected chi connectivity index (χ4v) is 9.38. The molecule has 10 unspecified atom stereocenters. The van der Waals surface area contributed by atoms with Gasteiger partial charge in [0.15, 0.2) is 0 Å². The Morgan fingerprint density at radius 2 is 1.18 bits per heavy atom. The molecule has 0 aliphatic carbocycles. The SMILES string of the molecule is CC(C)CC(NC(=O)C1CC(c2ccc(C(O)C(NC(=O)C3CCC(c4ccc(C(O)C(NC(=O)C5CCCN5)c5ccccc5)cc4)N3)c3ccccc3)cc2)CN1)C(=O)NCC(N)=O. The molecule has 0 aromatic heterocycles. The minimum Gasteiger partial charge on any atom is -0.386 e. The molecule has 0 radical (unpaired) electrons.